The molecule has 4 atom stereocenters. The molecule has 0 spiro atoms. The van der Waals surface area contributed by atoms with E-state index in [1.54, 1.807) is 38.1 Å². The van der Waals surface area contributed by atoms with Crippen LogP contribution in [-0.4, -0.2) is 107 Å². The van der Waals surface area contributed by atoms with Crippen molar-refractivity contribution in [2.24, 2.45) is 11.7 Å². The number of ketones is 1. The van der Waals surface area contributed by atoms with E-state index in [-0.39, 0.29) is 44.0 Å². The molecule has 54 heavy (non-hydrogen) atoms. The number of nitrogens with zero attached hydrogens (tertiary/aromatic N) is 6. The van der Waals surface area contributed by atoms with Gasteiger partial charge in [0.05, 0.1) is 41.2 Å². The molecule has 1 unspecified atom stereocenters. The number of nitrogens with one attached hydrogen (secondary N) is 3. The number of carbonyl (C=O) groups excluding carboxylic acids is 5. The van der Waals surface area contributed by atoms with Gasteiger partial charge in [0.1, 0.15) is 23.4 Å². The Kier molecular flexibility index (Phi) is 12.9. The number of aromatic nitrogens is 5. The zero-order valence-corrected chi connectivity index (χ0v) is 30.4. The predicted molar refractivity (Wildman–Crippen MR) is 192 cm³/mol. The summed E-state index contributed by atoms with van der Waals surface area (Å²) in [4.78, 5) is 88.4. The second-order valence-corrected chi connectivity index (χ2v) is 14.5. The standard InChI is InChI=1S/C36H48N10O8/c1-36(2,54)29-19-40-44-46(29)22-17-28(33(50)42-25(30(47)31(37)48)14-8-9-15-38-35(52)53)45(20-22)34(51)26(16-21-10-4-3-5-11-21)43-32(49)27-18-39-23-12-6-7-13-24(23)41-27/h6-7,12-13,18-19,21-22,25-26,28,38,54H,3-5,8-11,14-17,20H2,1-2H3,(H2,37,48)(H,42,50)(H,43,49)(H,52,53)/t22-,25?,26+,28-/m0/s1. The Bertz CT molecular complexity index is 1850. The molecular weight excluding hydrogens is 700 g/mol. The van der Waals surface area contributed by atoms with Gasteiger partial charge in [0.25, 0.3) is 11.8 Å². The van der Waals surface area contributed by atoms with E-state index >= 15 is 0 Å². The molecule has 18 heteroatoms. The number of fused-ring (bicyclic) bond motifs is 1. The molecule has 3 heterocycles. The molecule has 0 radical (unpaired) electrons. The summed E-state index contributed by atoms with van der Waals surface area (Å²) in [6.07, 6.45) is 7.20. The molecule has 2 aliphatic rings. The summed E-state index contributed by atoms with van der Waals surface area (Å²) in [6.45, 7) is 3.16. The van der Waals surface area contributed by atoms with Gasteiger partial charge in [0.2, 0.25) is 17.6 Å². The molecule has 0 bridgehead atoms. The summed E-state index contributed by atoms with van der Waals surface area (Å²) in [6, 6.07) is 2.86. The van der Waals surface area contributed by atoms with Crippen molar-refractivity contribution in [1.82, 2.24) is 45.8 Å². The van der Waals surface area contributed by atoms with Gasteiger partial charge in [-0.1, -0.05) is 49.5 Å². The van der Waals surface area contributed by atoms with Crippen molar-refractivity contribution in [2.75, 3.05) is 13.1 Å². The van der Waals surface area contributed by atoms with Gasteiger partial charge in [-0.05, 0) is 57.6 Å². The summed E-state index contributed by atoms with van der Waals surface area (Å²) in [7, 11) is 0. The summed E-state index contributed by atoms with van der Waals surface area (Å²) < 4.78 is 1.47. The van der Waals surface area contributed by atoms with Gasteiger partial charge in [0.15, 0.2) is 0 Å². The molecule has 2 aromatic heterocycles. The van der Waals surface area contributed by atoms with Crippen molar-refractivity contribution in [3.8, 4) is 0 Å². The number of hydrogen-bond donors (Lipinski definition) is 6. The first-order valence-electron chi connectivity index (χ1n) is 18.3. The third kappa shape index (κ3) is 9.91. The van der Waals surface area contributed by atoms with Gasteiger partial charge in [-0.15, -0.1) is 5.10 Å². The van der Waals surface area contributed by atoms with Gasteiger partial charge >= 0.3 is 6.09 Å². The fourth-order valence-electron chi connectivity index (χ4n) is 7.29. The Balaban J connectivity index is 1.44. The topological polar surface area (TPSA) is 265 Å². The predicted octanol–water partition coefficient (Wildman–Crippen LogP) is 1.34. The third-order valence-corrected chi connectivity index (χ3v) is 10.1. The van der Waals surface area contributed by atoms with Gasteiger partial charge in [0, 0.05) is 19.5 Å². The monoisotopic (exact) mass is 748 g/mol. The van der Waals surface area contributed by atoms with Crippen LogP contribution in [0, 0.1) is 5.92 Å². The molecule has 1 saturated heterocycles. The van der Waals surface area contributed by atoms with Crippen molar-refractivity contribution >= 4 is 46.5 Å². The van der Waals surface area contributed by atoms with Crippen LogP contribution in [0.5, 0.6) is 0 Å². The molecule has 1 saturated carbocycles. The average Bonchev–Trinajstić information content (AvgIpc) is 3.82. The number of amides is 5. The number of nitrogens with two attached hydrogens (primary N) is 1. The minimum Gasteiger partial charge on any atom is -0.465 e. The Morgan fingerprint density at radius 2 is 1.70 bits per heavy atom. The van der Waals surface area contributed by atoms with Crippen LogP contribution in [0.4, 0.5) is 4.79 Å². The SMILES string of the molecule is CC(C)(O)c1cnnn1[C@H]1C[C@@H](C(=O)NC(CCCCNC(=O)O)C(=O)C(N)=O)N(C(=O)[C@@H](CC2CCCCC2)NC(=O)c2cnc3ccccc3n2)C1. The molecule has 1 aliphatic heterocycles. The van der Waals surface area contributed by atoms with E-state index in [0.29, 0.717) is 29.6 Å². The molecule has 3 aromatic rings. The first-order chi connectivity index (χ1) is 25.7. The number of likely N-dealkylation sites (tertiary alicyclic amines) is 1. The van der Waals surface area contributed by atoms with Gasteiger partial charge in [-0.25, -0.2) is 14.5 Å². The molecule has 7 N–H and O–H groups in total. The highest BCUT2D eigenvalue weighted by Crippen LogP contribution is 2.33. The number of carboxylic acid groups (broad SMARTS) is 1. The molecule has 5 amide bonds. The maximum atomic E-state index is 14.7. The molecule has 2 fully saturated rings. The molecule has 18 nitrogen and oxygen atoms in total. The van der Waals surface area contributed by atoms with Crippen LogP contribution < -0.4 is 21.7 Å². The summed E-state index contributed by atoms with van der Waals surface area (Å²) in [5, 5.41) is 35.6. The van der Waals surface area contributed by atoms with Crippen molar-refractivity contribution < 1.29 is 39.0 Å². The Morgan fingerprint density at radius 3 is 2.39 bits per heavy atom. The minimum absolute atomic E-state index is 0.00424. The third-order valence-electron chi connectivity index (χ3n) is 10.1. The second kappa shape index (κ2) is 17.5. The molecule has 1 aliphatic carbocycles. The molecule has 1 aromatic carbocycles. The normalized spacial score (nSPS) is 18.8. The number of aliphatic hydroxyl groups is 1. The van der Waals surface area contributed by atoms with E-state index in [0.717, 1.165) is 32.1 Å². The number of unbranched alkanes of at least 4 members (excludes halogenated alkanes) is 1. The van der Waals surface area contributed by atoms with Crippen LogP contribution in [-0.2, 0) is 24.8 Å². The number of para-hydroxylation sites is 2. The highest BCUT2D eigenvalue weighted by atomic mass is 16.4. The largest absolute Gasteiger partial charge is 0.465 e. The maximum absolute atomic E-state index is 14.7. The summed E-state index contributed by atoms with van der Waals surface area (Å²) in [5.74, 6) is -4.04. The van der Waals surface area contributed by atoms with E-state index in [2.05, 4.69) is 36.2 Å². The van der Waals surface area contributed by atoms with E-state index in [4.69, 9.17) is 10.8 Å². The zero-order valence-electron chi connectivity index (χ0n) is 30.4. The quantitative estimate of drug-likeness (QED) is 0.0896. The van der Waals surface area contributed by atoms with Crippen LogP contribution in [0.2, 0.25) is 0 Å². The average molecular weight is 749 g/mol. The lowest BCUT2D eigenvalue weighted by atomic mass is 9.84. The van der Waals surface area contributed by atoms with Crippen LogP contribution >= 0.6 is 0 Å². The number of primary amides is 1. The van der Waals surface area contributed by atoms with Crippen molar-refractivity contribution in [2.45, 2.75) is 108 Å². The lowest BCUT2D eigenvalue weighted by molar-refractivity contribution is -0.142. The summed E-state index contributed by atoms with van der Waals surface area (Å²) >= 11 is 0. The van der Waals surface area contributed by atoms with Crippen molar-refractivity contribution in [3.63, 3.8) is 0 Å². The lowest BCUT2D eigenvalue weighted by Crippen LogP contribution is -2.56. The zero-order chi connectivity index (χ0) is 39.0. The highest BCUT2D eigenvalue weighted by Gasteiger charge is 2.45. The van der Waals surface area contributed by atoms with E-state index in [9.17, 15) is 33.9 Å². The molecule has 290 valence electrons. The van der Waals surface area contributed by atoms with E-state index < -0.39 is 65.3 Å². The van der Waals surface area contributed by atoms with Crippen molar-refractivity contribution in [3.05, 3.63) is 48.0 Å². The second-order valence-electron chi connectivity index (χ2n) is 14.5. The Labute approximate surface area is 311 Å². The lowest BCUT2D eigenvalue weighted by Gasteiger charge is -2.32. The fourth-order valence-corrected chi connectivity index (χ4v) is 7.29. The van der Waals surface area contributed by atoms with Crippen LogP contribution in [0.1, 0.15) is 100 Å². The van der Waals surface area contributed by atoms with Gasteiger partial charge in [-0.2, -0.15) is 0 Å². The van der Waals surface area contributed by atoms with Crippen LogP contribution in [0.15, 0.2) is 36.7 Å². The number of carbonyl (C=O) groups is 6. The number of benzene rings is 1. The van der Waals surface area contributed by atoms with Crippen LogP contribution in [0.3, 0.4) is 0 Å². The highest BCUT2D eigenvalue weighted by molar-refractivity contribution is 6.37. The van der Waals surface area contributed by atoms with E-state index in [1.807, 2.05) is 0 Å². The van der Waals surface area contributed by atoms with Gasteiger partial charge < -0.3 is 36.8 Å². The maximum Gasteiger partial charge on any atom is 0.404 e. The van der Waals surface area contributed by atoms with Crippen molar-refractivity contribution in [1.29, 1.82) is 0 Å². The van der Waals surface area contributed by atoms with E-state index in [1.165, 1.54) is 22.0 Å². The van der Waals surface area contributed by atoms with Crippen LogP contribution in [0.25, 0.3) is 11.0 Å². The Hall–Kier alpha value is -5.52. The minimum atomic E-state index is -1.37. The number of rotatable bonds is 16. The molecular formula is C36H48N10O8. The smallest absolute Gasteiger partial charge is 0.404 e. The first-order valence-corrected chi connectivity index (χ1v) is 18.3. The Morgan fingerprint density at radius 1 is 0.981 bits per heavy atom. The summed E-state index contributed by atoms with van der Waals surface area (Å²) in [5.41, 5.74) is 5.43. The first kappa shape index (κ1) is 39.7. The molecule has 5 rings (SSSR count). The number of Topliss-reactive ketones (excluding diaryl/α,β-unsaturated/α-hetero) is 1. The van der Waals surface area contributed by atoms with Gasteiger partial charge in [-0.3, -0.25) is 29.0 Å². The number of hydrogen-bond acceptors (Lipinski definition) is 11. The fraction of sp³-hybridized carbons (Fsp3) is 0.556.